The Bertz CT molecular complexity index is 639. The summed E-state index contributed by atoms with van der Waals surface area (Å²) in [5, 5.41) is 16.6. The average molecular weight is 409 g/mol. The van der Waals surface area contributed by atoms with E-state index in [2.05, 4.69) is 10.6 Å². The number of nitrogens with zero attached hydrogens (tertiary/aromatic N) is 1. The van der Waals surface area contributed by atoms with Gasteiger partial charge < -0.3 is 20.6 Å². The third kappa shape index (κ3) is 4.77. The first-order valence-corrected chi connectivity index (χ1v) is 8.62. The van der Waals surface area contributed by atoms with Crippen LogP contribution in [-0.4, -0.2) is 49.2 Å². The van der Waals surface area contributed by atoms with Gasteiger partial charge in [0.25, 0.3) is 0 Å². The van der Waals surface area contributed by atoms with Gasteiger partial charge in [0.15, 0.2) is 0 Å². The van der Waals surface area contributed by atoms with Crippen LogP contribution >= 0.6 is 35.6 Å². The van der Waals surface area contributed by atoms with Crippen LogP contribution < -0.4 is 15.5 Å². The van der Waals surface area contributed by atoms with Gasteiger partial charge in [0.2, 0.25) is 11.8 Å². The third-order valence-corrected chi connectivity index (χ3v) is 4.93. The summed E-state index contributed by atoms with van der Waals surface area (Å²) in [4.78, 5) is 26.1. The Morgan fingerprint density at radius 2 is 1.96 bits per heavy atom. The number of aliphatic hydroxyl groups is 1. The van der Waals surface area contributed by atoms with Crippen molar-refractivity contribution in [3.8, 4) is 0 Å². The maximum atomic E-state index is 12.3. The number of hydrogen-bond donors (Lipinski definition) is 3. The highest BCUT2D eigenvalue weighted by molar-refractivity contribution is 6.35. The van der Waals surface area contributed by atoms with E-state index in [0.29, 0.717) is 41.9 Å². The predicted octanol–water partition coefficient (Wildman–Crippen LogP) is 1.46. The van der Waals surface area contributed by atoms with Crippen LogP contribution in [0.2, 0.25) is 10.0 Å². The Morgan fingerprint density at radius 3 is 2.56 bits per heavy atom. The van der Waals surface area contributed by atoms with Crippen LogP contribution in [0.3, 0.4) is 0 Å². The lowest BCUT2D eigenvalue weighted by Gasteiger charge is -2.18. The van der Waals surface area contributed by atoms with Gasteiger partial charge >= 0.3 is 0 Å². The number of β-amino-alcohol motifs (C(OH)–C–C–N with tert-alkyl or cyclic N) is 1. The molecule has 2 heterocycles. The van der Waals surface area contributed by atoms with E-state index in [-0.39, 0.29) is 36.6 Å². The van der Waals surface area contributed by atoms with Crippen LogP contribution in [0.4, 0.5) is 5.69 Å². The van der Waals surface area contributed by atoms with Crippen molar-refractivity contribution in [2.45, 2.75) is 12.5 Å². The van der Waals surface area contributed by atoms with Crippen LogP contribution in [0, 0.1) is 11.8 Å². The largest absolute Gasteiger partial charge is 0.391 e. The molecule has 2 aliphatic heterocycles. The zero-order valence-electron chi connectivity index (χ0n) is 13.4. The zero-order chi connectivity index (χ0) is 17.3. The van der Waals surface area contributed by atoms with Crippen LogP contribution in [0.25, 0.3) is 0 Å². The minimum Gasteiger partial charge on any atom is -0.391 e. The summed E-state index contributed by atoms with van der Waals surface area (Å²) in [6.07, 6.45) is -0.290. The number of nitrogens with one attached hydrogen (secondary N) is 2. The number of carbonyl (C=O) groups is 2. The second-order valence-electron chi connectivity index (χ2n) is 6.26. The zero-order valence-corrected chi connectivity index (χ0v) is 15.7. The minimum atomic E-state index is -0.444. The maximum Gasteiger partial charge on any atom is 0.227 e. The fourth-order valence-corrected chi connectivity index (χ4v) is 3.65. The van der Waals surface area contributed by atoms with Crippen molar-refractivity contribution in [2.75, 3.05) is 31.1 Å². The molecule has 0 bridgehead atoms. The van der Waals surface area contributed by atoms with Crippen molar-refractivity contribution >= 4 is 53.1 Å². The van der Waals surface area contributed by atoms with Crippen molar-refractivity contribution in [2.24, 2.45) is 11.8 Å². The predicted molar refractivity (Wildman–Crippen MR) is 99.5 cm³/mol. The van der Waals surface area contributed by atoms with Gasteiger partial charge in [-0.1, -0.05) is 23.2 Å². The highest BCUT2D eigenvalue weighted by atomic mass is 35.5. The van der Waals surface area contributed by atoms with E-state index in [1.165, 1.54) is 4.90 Å². The number of benzene rings is 1. The number of carbonyl (C=O) groups excluding carboxylic acids is 2. The first-order chi connectivity index (χ1) is 11.4. The molecular weight excluding hydrogens is 389 g/mol. The summed E-state index contributed by atoms with van der Waals surface area (Å²) in [6.45, 7) is 1.93. The summed E-state index contributed by atoms with van der Waals surface area (Å²) < 4.78 is 0. The van der Waals surface area contributed by atoms with Crippen molar-refractivity contribution < 1.29 is 14.7 Å². The molecular formula is C16H20Cl3N3O3. The molecule has 0 spiro atoms. The van der Waals surface area contributed by atoms with E-state index in [9.17, 15) is 14.7 Å². The quantitative estimate of drug-likeness (QED) is 0.704. The first kappa shape index (κ1) is 20.3. The number of rotatable bonds is 4. The molecule has 3 rings (SSSR count). The number of anilines is 1. The van der Waals surface area contributed by atoms with E-state index in [4.69, 9.17) is 23.2 Å². The van der Waals surface area contributed by atoms with Crippen molar-refractivity contribution in [1.82, 2.24) is 10.6 Å². The Labute approximate surface area is 162 Å². The molecule has 0 saturated carbocycles. The molecule has 0 radical (unpaired) electrons. The van der Waals surface area contributed by atoms with Crippen molar-refractivity contribution in [3.63, 3.8) is 0 Å². The van der Waals surface area contributed by atoms with Crippen LogP contribution in [0.5, 0.6) is 0 Å². The first-order valence-electron chi connectivity index (χ1n) is 7.87. The lowest BCUT2D eigenvalue weighted by Crippen LogP contribution is -2.38. The maximum absolute atomic E-state index is 12.3. The Kier molecular flexibility index (Phi) is 6.93. The summed E-state index contributed by atoms with van der Waals surface area (Å²) in [7, 11) is 0. The summed E-state index contributed by atoms with van der Waals surface area (Å²) in [5.74, 6) is -0.704. The van der Waals surface area contributed by atoms with E-state index >= 15 is 0 Å². The smallest absolute Gasteiger partial charge is 0.227 e. The van der Waals surface area contributed by atoms with E-state index in [1.54, 1.807) is 18.2 Å². The molecule has 2 fully saturated rings. The van der Waals surface area contributed by atoms with Crippen molar-refractivity contribution in [1.29, 1.82) is 0 Å². The molecule has 1 aromatic carbocycles. The SMILES string of the molecule is Cl.O=C(NCC1CNCC1O)C1CC(=O)N(c2cc(Cl)cc(Cl)c2)C1. The Morgan fingerprint density at radius 1 is 1.28 bits per heavy atom. The molecule has 2 amide bonds. The van der Waals surface area contributed by atoms with Crippen LogP contribution in [0.15, 0.2) is 18.2 Å². The van der Waals surface area contributed by atoms with Crippen molar-refractivity contribution in [3.05, 3.63) is 28.2 Å². The monoisotopic (exact) mass is 407 g/mol. The van der Waals surface area contributed by atoms with Gasteiger partial charge in [-0.05, 0) is 18.2 Å². The second-order valence-corrected chi connectivity index (χ2v) is 7.14. The molecule has 2 saturated heterocycles. The van der Waals surface area contributed by atoms with E-state index < -0.39 is 12.0 Å². The normalized spacial score (nSPS) is 25.8. The van der Waals surface area contributed by atoms with Gasteiger partial charge in [-0.25, -0.2) is 0 Å². The summed E-state index contributed by atoms with van der Waals surface area (Å²) in [6, 6.07) is 4.91. The standard InChI is InChI=1S/C16H19Cl2N3O3.ClH/c17-11-2-12(18)4-13(3-11)21-8-9(1-15(21)23)16(24)20-6-10-5-19-7-14(10)22;/h2-4,9-10,14,19,22H,1,5-8H2,(H,20,24);1H. The van der Waals surface area contributed by atoms with Crippen LogP contribution in [0.1, 0.15) is 6.42 Å². The number of halogens is 3. The lowest BCUT2D eigenvalue weighted by molar-refractivity contribution is -0.126. The summed E-state index contributed by atoms with van der Waals surface area (Å²) >= 11 is 12.0. The van der Waals surface area contributed by atoms with E-state index in [0.717, 1.165) is 0 Å². The van der Waals surface area contributed by atoms with Gasteiger partial charge in [0.05, 0.1) is 12.0 Å². The van der Waals surface area contributed by atoms with Gasteiger partial charge in [0.1, 0.15) is 0 Å². The fraction of sp³-hybridized carbons (Fsp3) is 0.500. The summed E-state index contributed by atoms with van der Waals surface area (Å²) in [5.41, 5.74) is 0.600. The number of aliphatic hydroxyl groups excluding tert-OH is 1. The third-order valence-electron chi connectivity index (χ3n) is 4.50. The lowest BCUT2D eigenvalue weighted by atomic mass is 10.0. The molecule has 138 valence electrons. The Balaban J connectivity index is 0.00000225. The van der Waals surface area contributed by atoms with E-state index in [1.807, 2.05) is 0 Å². The fourth-order valence-electron chi connectivity index (χ4n) is 3.13. The molecule has 25 heavy (non-hydrogen) atoms. The molecule has 3 unspecified atom stereocenters. The van der Waals surface area contributed by atoms with Gasteiger partial charge in [-0.2, -0.15) is 0 Å². The van der Waals surface area contributed by atoms with Gasteiger partial charge in [0, 0.05) is 54.3 Å². The molecule has 1 aromatic rings. The molecule has 3 atom stereocenters. The van der Waals surface area contributed by atoms with Gasteiger partial charge in [-0.3, -0.25) is 9.59 Å². The molecule has 0 aliphatic carbocycles. The van der Waals surface area contributed by atoms with Crippen LogP contribution in [-0.2, 0) is 9.59 Å². The number of amides is 2. The highest BCUT2D eigenvalue weighted by Crippen LogP contribution is 2.30. The molecule has 3 N–H and O–H groups in total. The molecule has 2 aliphatic rings. The highest BCUT2D eigenvalue weighted by Gasteiger charge is 2.36. The second kappa shape index (κ2) is 8.56. The Hall–Kier alpha value is -1.05. The average Bonchev–Trinajstić information content (AvgIpc) is 3.10. The molecule has 0 aromatic heterocycles. The van der Waals surface area contributed by atoms with Gasteiger partial charge in [-0.15, -0.1) is 12.4 Å². The minimum absolute atomic E-state index is 0. The molecule has 9 heteroatoms. The number of hydrogen-bond acceptors (Lipinski definition) is 4. The molecule has 6 nitrogen and oxygen atoms in total. The topological polar surface area (TPSA) is 81.7 Å².